The molecule has 0 saturated carbocycles. The first kappa shape index (κ1) is 16.4. The number of amides is 1. The van der Waals surface area contributed by atoms with Gasteiger partial charge in [0.25, 0.3) is 0 Å². The van der Waals surface area contributed by atoms with Gasteiger partial charge in [-0.15, -0.1) is 11.3 Å². The molecule has 1 aromatic heterocycles. The van der Waals surface area contributed by atoms with E-state index < -0.39 is 0 Å². The van der Waals surface area contributed by atoms with Crippen LogP contribution >= 0.6 is 11.3 Å². The predicted octanol–water partition coefficient (Wildman–Crippen LogP) is 4.54. The molecule has 0 radical (unpaired) electrons. The third kappa shape index (κ3) is 4.09. The average molecular weight is 336 g/mol. The number of carbonyl (C=O) groups excluding carboxylic acids is 1. The molecule has 122 valence electrons. The molecule has 0 unspecified atom stereocenters. The van der Waals surface area contributed by atoms with Gasteiger partial charge >= 0.3 is 0 Å². The number of rotatable bonds is 5. The van der Waals surface area contributed by atoms with Crippen LogP contribution in [0.4, 0.5) is 0 Å². The molecule has 3 nitrogen and oxygen atoms in total. The normalized spacial score (nSPS) is 11.9. The third-order valence-electron chi connectivity index (χ3n) is 3.81. The van der Waals surface area contributed by atoms with Gasteiger partial charge in [-0.3, -0.25) is 4.79 Å². The Bertz CT molecular complexity index is 809. The summed E-state index contributed by atoms with van der Waals surface area (Å²) in [7, 11) is 0. The van der Waals surface area contributed by atoms with Crippen molar-refractivity contribution in [1.29, 1.82) is 0 Å². The van der Waals surface area contributed by atoms with E-state index in [1.54, 1.807) is 11.3 Å². The molecule has 0 aliphatic carbocycles. The van der Waals surface area contributed by atoms with E-state index in [4.69, 9.17) is 0 Å². The maximum atomic E-state index is 12.2. The Balaban J connectivity index is 1.60. The summed E-state index contributed by atoms with van der Waals surface area (Å²) >= 11 is 1.62. The van der Waals surface area contributed by atoms with Gasteiger partial charge in [-0.1, -0.05) is 54.6 Å². The SMILES string of the molecule is Cc1cnc([C@@H](C)NC(=O)Cc2ccc(-c3ccccc3)cc2)s1. The standard InChI is InChI=1S/C20H20N2OS/c1-14-13-21-20(24-14)15(2)22-19(23)12-16-8-10-18(11-9-16)17-6-4-3-5-7-17/h3-11,13,15H,12H2,1-2H3,(H,22,23)/t15-/m1/s1. The molecule has 4 heteroatoms. The Morgan fingerprint density at radius 1 is 1.08 bits per heavy atom. The monoisotopic (exact) mass is 336 g/mol. The minimum absolute atomic E-state index is 0.0165. The average Bonchev–Trinajstić information content (AvgIpc) is 3.03. The van der Waals surface area contributed by atoms with Crippen LogP contribution < -0.4 is 5.32 Å². The molecule has 1 atom stereocenters. The lowest BCUT2D eigenvalue weighted by atomic mass is 10.0. The Morgan fingerprint density at radius 3 is 2.38 bits per heavy atom. The van der Waals surface area contributed by atoms with Crippen molar-refractivity contribution >= 4 is 17.2 Å². The van der Waals surface area contributed by atoms with Gasteiger partial charge in [-0.25, -0.2) is 4.98 Å². The molecule has 0 saturated heterocycles. The highest BCUT2D eigenvalue weighted by Crippen LogP contribution is 2.20. The molecule has 0 bridgehead atoms. The van der Waals surface area contributed by atoms with Crippen molar-refractivity contribution in [2.75, 3.05) is 0 Å². The second-order valence-electron chi connectivity index (χ2n) is 5.84. The second-order valence-corrected chi connectivity index (χ2v) is 7.10. The third-order valence-corrected chi connectivity index (χ3v) is 4.91. The van der Waals surface area contributed by atoms with E-state index in [1.807, 2.05) is 50.4 Å². The number of nitrogens with zero attached hydrogens (tertiary/aromatic N) is 1. The van der Waals surface area contributed by atoms with Crippen LogP contribution in [-0.2, 0) is 11.2 Å². The molecule has 0 aliphatic rings. The molecule has 2 aromatic carbocycles. The van der Waals surface area contributed by atoms with Crippen molar-refractivity contribution in [3.8, 4) is 11.1 Å². The molecule has 0 aliphatic heterocycles. The summed E-state index contributed by atoms with van der Waals surface area (Å²) in [5, 5.41) is 3.96. The van der Waals surface area contributed by atoms with Gasteiger partial charge < -0.3 is 5.32 Å². The first-order chi connectivity index (χ1) is 11.6. The second kappa shape index (κ2) is 7.41. The van der Waals surface area contributed by atoms with Crippen LogP contribution in [-0.4, -0.2) is 10.9 Å². The zero-order chi connectivity index (χ0) is 16.9. The molecule has 1 N–H and O–H groups in total. The molecule has 0 fully saturated rings. The maximum Gasteiger partial charge on any atom is 0.224 e. The van der Waals surface area contributed by atoms with Crippen LogP contribution in [0, 0.1) is 6.92 Å². The molecule has 1 amide bonds. The van der Waals surface area contributed by atoms with Crippen molar-refractivity contribution in [3.05, 3.63) is 76.2 Å². The number of carbonyl (C=O) groups is 1. The van der Waals surface area contributed by atoms with E-state index in [0.29, 0.717) is 6.42 Å². The molecule has 0 spiro atoms. The first-order valence-electron chi connectivity index (χ1n) is 7.98. The van der Waals surface area contributed by atoms with Crippen molar-refractivity contribution < 1.29 is 4.79 Å². The van der Waals surface area contributed by atoms with E-state index in [1.165, 1.54) is 5.56 Å². The van der Waals surface area contributed by atoms with Crippen molar-refractivity contribution in [1.82, 2.24) is 10.3 Å². The molecular weight excluding hydrogens is 316 g/mol. The number of benzene rings is 2. The van der Waals surface area contributed by atoms with E-state index >= 15 is 0 Å². The smallest absolute Gasteiger partial charge is 0.224 e. The first-order valence-corrected chi connectivity index (χ1v) is 8.79. The fourth-order valence-electron chi connectivity index (χ4n) is 2.56. The Hall–Kier alpha value is -2.46. The fraction of sp³-hybridized carbons (Fsp3) is 0.200. The van der Waals surface area contributed by atoms with E-state index in [-0.39, 0.29) is 11.9 Å². The number of thiazole rings is 1. The highest BCUT2D eigenvalue weighted by Gasteiger charge is 2.13. The lowest BCUT2D eigenvalue weighted by Crippen LogP contribution is -2.28. The van der Waals surface area contributed by atoms with E-state index in [2.05, 4.69) is 34.6 Å². The van der Waals surface area contributed by atoms with Crippen LogP contribution in [0.15, 0.2) is 60.8 Å². The highest BCUT2D eigenvalue weighted by atomic mass is 32.1. The Morgan fingerprint density at radius 2 is 1.75 bits per heavy atom. The molecule has 24 heavy (non-hydrogen) atoms. The Kier molecular flexibility index (Phi) is 5.06. The van der Waals surface area contributed by atoms with Gasteiger partial charge in [0.2, 0.25) is 5.91 Å². The number of aryl methyl sites for hydroxylation is 1. The van der Waals surface area contributed by atoms with E-state index in [9.17, 15) is 4.79 Å². The molecule has 1 heterocycles. The van der Waals surface area contributed by atoms with Crippen LogP contribution in [0.25, 0.3) is 11.1 Å². The summed E-state index contributed by atoms with van der Waals surface area (Å²) in [5.74, 6) is 0.0165. The van der Waals surface area contributed by atoms with Gasteiger partial charge in [0, 0.05) is 11.1 Å². The highest BCUT2D eigenvalue weighted by molar-refractivity contribution is 7.11. The molecule has 3 rings (SSSR count). The number of hydrogen-bond acceptors (Lipinski definition) is 3. The van der Waals surface area contributed by atoms with E-state index in [0.717, 1.165) is 21.0 Å². The predicted molar refractivity (Wildman–Crippen MR) is 99.0 cm³/mol. The van der Waals surface area contributed by atoms with Crippen LogP contribution in [0.2, 0.25) is 0 Å². The summed E-state index contributed by atoms with van der Waals surface area (Å²) < 4.78 is 0. The number of nitrogens with one attached hydrogen (secondary N) is 1. The minimum atomic E-state index is -0.0557. The fourth-order valence-corrected chi connectivity index (χ4v) is 3.33. The van der Waals surface area contributed by atoms with Crippen LogP contribution in [0.1, 0.15) is 28.4 Å². The Labute approximate surface area is 146 Å². The molecular formula is C20H20N2OS. The van der Waals surface area contributed by atoms with Gasteiger partial charge in [0.05, 0.1) is 12.5 Å². The quantitative estimate of drug-likeness (QED) is 0.743. The summed E-state index contributed by atoms with van der Waals surface area (Å²) in [6.45, 7) is 3.98. The summed E-state index contributed by atoms with van der Waals surface area (Å²) in [6.07, 6.45) is 2.22. The van der Waals surface area contributed by atoms with Crippen LogP contribution in [0.3, 0.4) is 0 Å². The van der Waals surface area contributed by atoms with Crippen molar-refractivity contribution in [2.24, 2.45) is 0 Å². The topological polar surface area (TPSA) is 42.0 Å². The summed E-state index contributed by atoms with van der Waals surface area (Å²) in [4.78, 5) is 17.7. The van der Waals surface area contributed by atoms with Crippen molar-refractivity contribution in [3.63, 3.8) is 0 Å². The maximum absolute atomic E-state index is 12.2. The van der Waals surface area contributed by atoms with Gasteiger partial charge in [-0.05, 0) is 30.5 Å². The van der Waals surface area contributed by atoms with Gasteiger partial charge in [0.1, 0.15) is 5.01 Å². The lowest BCUT2D eigenvalue weighted by molar-refractivity contribution is -0.121. The van der Waals surface area contributed by atoms with Gasteiger partial charge in [-0.2, -0.15) is 0 Å². The summed E-state index contributed by atoms with van der Waals surface area (Å²) in [5.41, 5.74) is 3.35. The molecule has 3 aromatic rings. The number of aromatic nitrogens is 1. The largest absolute Gasteiger partial charge is 0.347 e. The van der Waals surface area contributed by atoms with Crippen LogP contribution in [0.5, 0.6) is 0 Å². The van der Waals surface area contributed by atoms with Gasteiger partial charge in [0.15, 0.2) is 0 Å². The van der Waals surface area contributed by atoms with Crippen molar-refractivity contribution in [2.45, 2.75) is 26.3 Å². The minimum Gasteiger partial charge on any atom is -0.347 e. The zero-order valence-electron chi connectivity index (χ0n) is 13.8. The number of hydrogen-bond donors (Lipinski definition) is 1. The summed E-state index contributed by atoms with van der Waals surface area (Å²) in [6, 6.07) is 18.3. The lowest BCUT2D eigenvalue weighted by Gasteiger charge is -2.11. The zero-order valence-corrected chi connectivity index (χ0v) is 14.6.